The monoisotopic (exact) mass is 383 g/mol. The van der Waals surface area contributed by atoms with Gasteiger partial charge in [0.25, 0.3) is 5.91 Å². The summed E-state index contributed by atoms with van der Waals surface area (Å²) in [6, 6.07) is 10.3. The van der Waals surface area contributed by atoms with Crippen molar-refractivity contribution in [1.82, 2.24) is 14.9 Å². The van der Waals surface area contributed by atoms with Crippen LogP contribution in [0.1, 0.15) is 10.5 Å². The molecule has 4 rings (SSSR count). The molecule has 0 radical (unpaired) electrons. The number of benzene rings is 2. The minimum absolute atomic E-state index is 0.106. The van der Waals surface area contributed by atoms with Gasteiger partial charge in [-0.05, 0) is 31.3 Å². The van der Waals surface area contributed by atoms with Crippen LogP contribution in [0.3, 0.4) is 0 Å². The minimum atomic E-state index is -0.844. The van der Waals surface area contributed by atoms with E-state index in [9.17, 15) is 13.6 Å². The summed E-state index contributed by atoms with van der Waals surface area (Å²) in [5, 5.41) is 2.49. The molecule has 2 aromatic carbocycles. The molecule has 0 unspecified atom stereocenters. The van der Waals surface area contributed by atoms with Gasteiger partial charge in [0.15, 0.2) is 11.5 Å². The highest BCUT2D eigenvalue weighted by Gasteiger charge is 2.24. The molecule has 1 aliphatic rings. The van der Waals surface area contributed by atoms with Gasteiger partial charge in [0, 0.05) is 32.2 Å². The first kappa shape index (κ1) is 18.2. The van der Waals surface area contributed by atoms with Crippen LogP contribution in [0.5, 0.6) is 0 Å². The third-order valence-corrected chi connectivity index (χ3v) is 4.75. The minimum Gasteiger partial charge on any atom is -0.352 e. The molecule has 1 saturated heterocycles. The van der Waals surface area contributed by atoms with Crippen molar-refractivity contribution in [2.75, 3.05) is 43.4 Å². The van der Waals surface area contributed by atoms with E-state index < -0.39 is 17.5 Å². The summed E-state index contributed by atoms with van der Waals surface area (Å²) >= 11 is 0. The lowest BCUT2D eigenvalue weighted by atomic mass is 10.2. The van der Waals surface area contributed by atoms with Gasteiger partial charge < -0.3 is 15.1 Å². The van der Waals surface area contributed by atoms with Crippen LogP contribution in [-0.4, -0.2) is 54.0 Å². The summed E-state index contributed by atoms with van der Waals surface area (Å²) in [7, 11) is 2.04. The van der Waals surface area contributed by atoms with E-state index in [1.807, 2.05) is 30.1 Å². The standard InChI is InChI=1S/C20H19F2N5O/c1-26-8-10-27(11-9-26)19-18(23-16-4-2-3-5-17(16)24-19)20(28)25-15-7-6-13(21)12-14(15)22/h2-7,12H,8-11H2,1H3,(H,25,28). The van der Waals surface area contributed by atoms with E-state index in [1.54, 1.807) is 6.07 Å². The van der Waals surface area contributed by atoms with Crippen LogP contribution in [0.25, 0.3) is 11.0 Å². The molecule has 0 aliphatic carbocycles. The van der Waals surface area contributed by atoms with Gasteiger partial charge >= 0.3 is 0 Å². The number of carbonyl (C=O) groups excluding carboxylic acids is 1. The number of para-hydroxylation sites is 2. The van der Waals surface area contributed by atoms with Crippen LogP contribution in [-0.2, 0) is 0 Å². The summed E-state index contributed by atoms with van der Waals surface area (Å²) in [4.78, 5) is 26.3. The third-order valence-electron chi connectivity index (χ3n) is 4.75. The second-order valence-electron chi connectivity index (χ2n) is 6.75. The zero-order valence-corrected chi connectivity index (χ0v) is 15.3. The fourth-order valence-corrected chi connectivity index (χ4v) is 3.15. The molecule has 28 heavy (non-hydrogen) atoms. The molecule has 1 N–H and O–H groups in total. The number of carbonyl (C=O) groups is 1. The second kappa shape index (κ2) is 7.47. The number of fused-ring (bicyclic) bond motifs is 1. The van der Waals surface area contributed by atoms with Gasteiger partial charge in [-0.3, -0.25) is 4.79 Å². The predicted octanol–water partition coefficient (Wildman–Crippen LogP) is 2.91. The lowest BCUT2D eigenvalue weighted by Crippen LogP contribution is -2.45. The molecule has 1 fully saturated rings. The topological polar surface area (TPSA) is 61.4 Å². The number of anilines is 2. The Bertz CT molecular complexity index is 1030. The number of rotatable bonds is 3. The summed E-state index contributed by atoms with van der Waals surface area (Å²) in [5.41, 5.74) is 1.27. The Kier molecular flexibility index (Phi) is 4.87. The van der Waals surface area contributed by atoms with Gasteiger partial charge in [-0.1, -0.05) is 12.1 Å². The smallest absolute Gasteiger partial charge is 0.278 e. The van der Waals surface area contributed by atoms with E-state index in [-0.39, 0.29) is 11.4 Å². The summed E-state index contributed by atoms with van der Waals surface area (Å²) in [5.74, 6) is -1.67. The Labute approximate surface area is 160 Å². The summed E-state index contributed by atoms with van der Waals surface area (Å²) in [6.45, 7) is 3.08. The zero-order valence-electron chi connectivity index (χ0n) is 15.3. The largest absolute Gasteiger partial charge is 0.352 e. The highest BCUT2D eigenvalue weighted by Crippen LogP contribution is 2.24. The summed E-state index contributed by atoms with van der Waals surface area (Å²) in [6.07, 6.45) is 0. The normalized spacial score (nSPS) is 15.0. The molecular formula is C20H19F2N5O. The molecule has 1 aromatic heterocycles. The van der Waals surface area contributed by atoms with E-state index in [0.717, 1.165) is 25.2 Å². The molecule has 144 valence electrons. The molecule has 0 bridgehead atoms. The third kappa shape index (κ3) is 3.63. The number of nitrogens with zero attached hydrogens (tertiary/aromatic N) is 4. The Hall–Kier alpha value is -3.13. The number of hydrogen-bond acceptors (Lipinski definition) is 5. The molecule has 0 spiro atoms. The number of halogens is 2. The first-order valence-corrected chi connectivity index (χ1v) is 8.98. The van der Waals surface area contributed by atoms with Crippen molar-refractivity contribution in [3.63, 3.8) is 0 Å². The highest BCUT2D eigenvalue weighted by molar-refractivity contribution is 6.07. The maximum atomic E-state index is 14.0. The Morgan fingerprint density at radius 3 is 2.36 bits per heavy atom. The number of hydrogen-bond donors (Lipinski definition) is 1. The molecule has 0 saturated carbocycles. The predicted molar refractivity (Wildman–Crippen MR) is 104 cm³/mol. The number of amides is 1. The maximum Gasteiger partial charge on any atom is 0.278 e. The average Bonchev–Trinajstić information content (AvgIpc) is 2.69. The van der Waals surface area contributed by atoms with Crippen molar-refractivity contribution in [3.05, 3.63) is 59.8 Å². The Morgan fingerprint density at radius 2 is 1.68 bits per heavy atom. The van der Waals surface area contributed by atoms with Gasteiger partial charge in [-0.25, -0.2) is 18.7 Å². The molecule has 8 heteroatoms. The fraction of sp³-hybridized carbons (Fsp3) is 0.250. The van der Waals surface area contributed by atoms with E-state index in [4.69, 9.17) is 0 Å². The van der Waals surface area contributed by atoms with Gasteiger partial charge in [0.05, 0.1) is 16.7 Å². The van der Waals surface area contributed by atoms with Crippen LogP contribution in [0.4, 0.5) is 20.3 Å². The number of aromatic nitrogens is 2. The van der Waals surface area contributed by atoms with E-state index in [0.29, 0.717) is 29.9 Å². The first-order chi connectivity index (χ1) is 13.5. The summed E-state index contributed by atoms with van der Waals surface area (Å²) < 4.78 is 27.1. The van der Waals surface area contributed by atoms with Crippen molar-refractivity contribution in [3.8, 4) is 0 Å². The van der Waals surface area contributed by atoms with Crippen molar-refractivity contribution in [1.29, 1.82) is 0 Å². The van der Waals surface area contributed by atoms with Gasteiger partial charge in [0.2, 0.25) is 0 Å². The first-order valence-electron chi connectivity index (χ1n) is 8.98. The van der Waals surface area contributed by atoms with Crippen LogP contribution < -0.4 is 10.2 Å². The number of nitrogens with one attached hydrogen (secondary N) is 1. The number of likely N-dealkylation sites (N-methyl/N-ethyl adjacent to an activating group) is 1. The fourth-order valence-electron chi connectivity index (χ4n) is 3.15. The van der Waals surface area contributed by atoms with Crippen molar-refractivity contribution >= 4 is 28.4 Å². The van der Waals surface area contributed by atoms with Gasteiger partial charge in [0.1, 0.15) is 11.6 Å². The second-order valence-corrected chi connectivity index (χ2v) is 6.75. The van der Waals surface area contributed by atoms with Gasteiger partial charge in [-0.15, -0.1) is 0 Å². The van der Waals surface area contributed by atoms with Gasteiger partial charge in [-0.2, -0.15) is 0 Å². The van der Waals surface area contributed by atoms with Crippen LogP contribution >= 0.6 is 0 Å². The molecule has 1 amide bonds. The van der Waals surface area contributed by atoms with E-state index >= 15 is 0 Å². The van der Waals surface area contributed by atoms with Crippen molar-refractivity contribution < 1.29 is 13.6 Å². The molecule has 3 aromatic rings. The number of piperazine rings is 1. The quantitative estimate of drug-likeness (QED) is 0.754. The SMILES string of the molecule is CN1CCN(c2nc3ccccc3nc2C(=O)Nc2ccc(F)cc2F)CC1. The molecule has 2 heterocycles. The van der Waals surface area contributed by atoms with E-state index in [1.165, 1.54) is 6.07 Å². The van der Waals surface area contributed by atoms with Crippen molar-refractivity contribution in [2.45, 2.75) is 0 Å². The highest BCUT2D eigenvalue weighted by atomic mass is 19.1. The Morgan fingerprint density at radius 1 is 1.00 bits per heavy atom. The van der Waals surface area contributed by atoms with Crippen molar-refractivity contribution in [2.24, 2.45) is 0 Å². The molecule has 6 nitrogen and oxygen atoms in total. The van der Waals surface area contributed by atoms with Crippen LogP contribution in [0.15, 0.2) is 42.5 Å². The zero-order chi connectivity index (χ0) is 19.7. The lowest BCUT2D eigenvalue weighted by molar-refractivity contribution is 0.102. The van der Waals surface area contributed by atoms with E-state index in [2.05, 4.69) is 20.2 Å². The molecule has 0 atom stereocenters. The average molecular weight is 383 g/mol. The van der Waals surface area contributed by atoms with Crippen LogP contribution in [0, 0.1) is 11.6 Å². The molecular weight excluding hydrogens is 364 g/mol. The molecule has 1 aliphatic heterocycles. The maximum absolute atomic E-state index is 14.0. The van der Waals surface area contributed by atoms with Crippen LogP contribution in [0.2, 0.25) is 0 Å². The Balaban J connectivity index is 1.73. The lowest BCUT2D eigenvalue weighted by Gasteiger charge is -2.33.